The maximum absolute atomic E-state index is 13.5. The fourth-order valence-electron chi connectivity index (χ4n) is 4.78. The maximum atomic E-state index is 13.5. The fourth-order valence-corrected chi connectivity index (χ4v) is 4.78. The van der Waals surface area contributed by atoms with Crippen molar-refractivity contribution < 1.29 is 19.4 Å². The van der Waals surface area contributed by atoms with E-state index in [-0.39, 0.29) is 17.4 Å². The molecule has 0 aliphatic carbocycles. The maximum Gasteiger partial charge on any atom is 0.335 e. The zero-order valence-electron chi connectivity index (χ0n) is 19.4. The summed E-state index contributed by atoms with van der Waals surface area (Å²) < 4.78 is 7.40. The average Bonchev–Trinajstić information content (AvgIpc) is 3.05. The van der Waals surface area contributed by atoms with E-state index in [0.717, 1.165) is 39.7 Å². The van der Waals surface area contributed by atoms with E-state index in [1.807, 2.05) is 34.7 Å². The van der Waals surface area contributed by atoms with Gasteiger partial charge < -0.3 is 25.0 Å². The molecule has 0 saturated carbocycles. The zero-order valence-corrected chi connectivity index (χ0v) is 19.4. The fraction of sp³-hybridized carbons (Fsp3) is 0.385. The molecule has 33 heavy (non-hydrogen) atoms. The molecule has 1 fully saturated rings. The van der Waals surface area contributed by atoms with Crippen molar-refractivity contribution >= 4 is 34.6 Å². The van der Waals surface area contributed by atoms with Crippen LogP contribution in [0.2, 0.25) is 0 Å². The van der Waals surface area contributed by atoms with E-state index in [2.05, 4.69) is 13.8 Å². The molecule has 1 aromatic carbocycles. The molecule has 3 heterocycles. The van der Waals surface area contributed by atoms with Gasteiger partial charge in [0.05, 0.1) is 30.0 Å². The third kappa shape index (κ3) is 3.97. The molecule has 2 aliphatic rings. The standard InChI is InChI=1S/C26H31N3O4/c1-4-16(3)23-20-7-6-18(26(31)32)13-22(20)29-15-19(25(30)28-8-10-33-11-9-28)12-17(5-2)21(14-27)24(23)29/h5-7,13-16H,4,8-12,27H2,1-3H3,(H,31,32)/b17-5-,21-14+. The van der Waals surface area contributed by atoms with Crippen molar-refractivity contribution in [3.63, 3.8) is 0 Å². The highest BCUT2D eigenvalue weighted by molar-refractivity contribution is 6.04. The van der Waals surface area contributed by atoms with Gasteiger partial charge in [-0.05, 0) is 42.5 Å². The molecule has 1 amide bonds. The topological polar surface area (TPSA) is 97.8 Å². The molecule has 7 nitrogen and oxygen atoms in total. The van der Waals surface area contributed by atoms with E-state index in [0.29, 0.717) is 38.3 Å². The summed E-state index contributed by atoms with van der Waals surface area (Å²) in [6.45, 7) is 8.43. The number of nitrogens with zero attached hydrogens (tertiary/aromatic N) is 2. The van der Waals surface area contributed by atoms with Gasteiger partial charge in [-0.2, -0.15) is 0 Å². The third-order valence-corrected chi connectivity index (χ3v) is 6.75. The second-order valence-corrected chi connectivity index (χ2v) is 8.61. The molecule has 4 rings (SSSR count). The quantitative estimate of drug-likeness (QED) is 0.729. The Bertz CT molecular complexity index is 1200. The Hall–Kier alpha value is -3.32. The Morgan fingerprint density at radius 1 is 1.27 bits per heavy atom. The van der Waals surface area contributed by atoms with Crippen LogP contribution in [0.15, 0.2) is 41.6 Å². The van der Waals surface area contributed by atoms with Crippen molar-refractivity contribution in [1.29, 1.82) is 0 Å². The average molecular weight is 450 g/mol. The number of hydrogen-bond donors (Lipinski definition) is 2. The van der Waals surface area contributed by atoms with Crippen LogP contribution in [0.3, 0.4) is 0 Å². The lowest BCUT2D eigenvalue weighted by Gasteiger charge is -2.27. The van der Waals surface area contributed by atoms with Crippen molar-refractivity contribution in [3.8, 4) is 0 Å². The van der Waals surface area contributed by atoms with Crippen LogP contribution in [-0.4, -0.2) is 52.8 Å². The number of morpholine rings is 1. The predicted molar refractivity (Wildman–Crippen MR) is 130 cm³/mol. The van der Waals surface area contributed by atoms with Crippen molar-refractivity contribution in [3.05, 3.63) is 58.4 Å². The van der Waals surface area contributed by atoms with E-state index in [4.69, 9.17) is 10.5 Å². The van der Waals surface area contributed by atoms with Gasteiger partial charge in [-0.15, -0.1) is 0 Å². The van der Waals surface area contributed by atoms with Gasteiger partial charge in [0.1, 0.15) is 0 Å². The third-order valence-electron chi connectivity index (χ3n) is 6.75. The molecule has 0 spiro atoms. The molecule has 1 aromatic heterocycles. The Balaban J connectivity index is 2.03. The number of carboxylic acid groups (broad SMARTS) is 1. The number of carboxylic acids is 1. The molecule has 0 bridgehead atoms. The van der Waals surface area contributed by atoms with Crippen molar-refractivity contribution in [2.45, 2.75) is 39.5 Å². The summed E-state index contributed by atoms with van der Waals surface area (Å²) >= 11 is 0. The Labute approximate surface area is 193 Å². The number of nitrogens with two attached hydrogens (primary N) is 1. The van der Waals surface area contributed by atoms with Crippen molar-refractivity contribution in [1.82, 2.24) is 9.47 Å². The number of ether oxygens (including phenoxy) is 1. The van der Waals surface area contributed by atoms with Crippen LogP contribution >= 0.6 is 0 Å². The van der Waals surface area contributed by atoms with Gasteiger partial charge in [-0.1, -0.05) is 26.0 Å². The zero-order chi connectivity index (χ0) is 23.7. The van der Waals surface area contributed by atoms with Gasteiger partial charge in [-0.3, -0.25) is 4.79 Å². The molecular formula is C26H31N3O4. The first kappa shape index (κ1) is 22.9. The molecule has 1 atom stereocenters. The minimum atomic E-state index is -0.983. The highest BCUT2D eigenvalue weighted by atomic mass is 16.5. The van der Waals surface area contributed by atoms with Gasteiger partial charge in [0.15, 0.2) is 0 Å². The number of allylic oxidation sites excluding steroid dienone is 3. The molecule has 1 saturated heterocycles. The van der Waals surface area contributed by atoms with Crippen molar-refractivity contribution in [2.24, 2.45) is 5.73 Å². The number of aromatic carboxylic acids is 1. The first-order chi connectivity index (χ1) is 15.9. The summed E-state index contributed by atoms with van der Waals surface area (Å²) in [5.41, 5.74) is 11.7. The molecule has 2 aliphatic heterocycles. The van der Waals surface area contributed by atoms with Crippen LogP contribution < -0.4 is 5.73 Å². The molecule has 174 valence electrons. The lowest BCUT2D eigenvalue weighted by molar-refractivity contribution is -0.131. The van der Waals surface area contributed by atoms with Crippen molar-refractivity contribution in [2.75, 3.05) is 26.3 Å². The first-order valence-electron chi connectivity index (χ1n) is 11.5. The summed E-state index contributed by atoms with van der Waals surface area (Å²) in [6.07, 6.45) is 6.87. The number of aromatic nitrogens is 1. The van der Waals surface area contributed by atoms with Crippen LogP contribution in [0.4, 0.5) is 0 Å². The van der Waals surface area contributed by atoms with Gasteiger partial charge in [0, 0.05) is 48.4 Å². The van der Waals surface area contributed by atoms with E-state index in [9.17, 15) is 14.7 Å². The Morgan fingerprint density at radius 3 is 2.61 bits per heavy atom. The number of carbonyl (C=O) groups excluding carboxylic acids is 1. The monoisotopic (exact) mass is 449 g/mol. The van der Waals surface area contributed by atoms with Gasteiger partial charge in [-0.25, -0.2) is 4.79 Å². The molecule has 0 radical (unpaired) electrons. The lowest BCUT2D eigenvalue weighted by Crippen LogP contribution is -2.41. The van der Waals surface area contributed by atoms with Crippen LogP contribution in [0.25, 0.3) is 22.7 Å². The summed E-state index contributed by atoms with van der Waals surface area (Å²) in [6, 6.07) is 5.21. The summed E-state index contributed by atoms with van der Waals surface area (Å²) in [4.78, 5) is 27.1. The van der Waals surface area contributed by atoms with Crippen LogP contribution in [0, 0.1) is 0 Å². The van der Waals surface area contributed by atoms with Gasteiger partial charge >= 0.3 is 5.97 Å². The minimum absolute atomic E-state index is 0.0248. The largest absolute Gasteiger partial charge is 0.478 e. The van der Waals surface area contributed by atoms with Gasteiger partial charge in [0.25, 0.3) is 5.91 Å². The predicted octanol–water partition coefficient (Wildman–Crippen LogP) is 4.20. The van der Waals surface area contributed by atoms with Crippen LogP contribution in [0.5, 0.6) is 0 Å². The van der Waals surface area contributed by atoms with E-state index in [1.54, 1.807) is 18.3 Å². The summed E-state index contributed by atoms with van der Waals surface area (Å²) in [5.74, 6) is -0.788. The Morgan fingerprint density at radius 2 is 2.00 bits per heavy atom. The smallest absolute Gasteiger partial charge is 0.335 e. The summed E-state index contributed by atoms with van der Waals surface area (Å²) in [5, 5.41) is 10.6. The first-order valence-corrected chi connectivity index (χ1v) is 11.5. The second-order valence-electron chi connectivity index (χ2n) is 8.61. The molecule has 3 N–H and O–H groups in total. The van der Waals surface area contributed by atoms with E-state index >= 15 is 0 Å². The number of rotatable bonds is 4. The molecule has 1 unspecified atom stereocenters. The van der Waals surface area contributed by atoms with Gasteiger partial charge in [0.2, 0.25) is 0 Å². The highest BCUT2D eigenvalue weighted by Gasteiger charge is 2.30. The Kier molecular flexibility index (Phi) is 6.42. The normalized spacial score (nSPS) is 20.0. The number of fused-ring (bicyclic) bond motifs is 3. The molecule has 7 heteroatoms. The highest BCUT2D eigenvalue weighted by Crippen LogP contribution is 2.43. The van der Waals surface area contributed by atoms with Crippen LogP contribution in [-0.2, 0) is 9.53 Å². The minimum Gasteiger partial charge on any atom is -0.478 e. The number of benzene rings is 1. The number of carbonyl (C=O) groups is 2. The number of amides is 1. The molecule has 2 aromatic rings. The van der Waals surface area contributed by atoms with E-state index < -0.39 is 5.97 Å². The van der Waals surface area contributed by atoms with E-state index in [1.165, 1.54) is 0 Å². The number of hydrogen-bond acceptors (Lipinski definition) is 4. The SMILES string of the molecule is C/C=C1/CC(C(=O)N2CCOCC2)=Cn2c(c(C(C)CC)c3ccc(C(=O)O)cc32)/C1=C/N. The lowest BCUT2D eigenvalue weighted by atomic mass is 9.89. The second kappa shape index (κ2) is 9.27. The summed E-state index contributed by atoms with van der Waals surface area (Å²) in [7, 11) is 0. The molecular weight excluding hydrogens is 418 g/mol. The van der Waals surface area contributed by atoms with Crippen LogP contribution in [0.1, 0.15) is 61.1 Å².